The number of amides is 2. The highest BCUT2D eigenvalue weighted by Gasteiger charge is 2.41. The van der Waals surface area contributed by atoms with Crippen LogP contribution < -0.4 is 9.62 Å². The van der Waals surface area contributed by atoms with Crippen LogP contribution in [0.1, 0.15) is 22.8 Å². The molecule has 2 aromatic rings. The molecule has 1 saturated heterocycles. The van der Waals surface area contributed by atoms with Crippen molar-refractivity contribution in [1.29, 1.82) is 0 Å². The minimum absolute atomic E-state index is 0.199. The Balaban J connectivity index is 1.70. The van der Waals surface area contributed by atoms with E-state index in [2.05, 4.69) is 5.32 Å². The van der Waals surface area contributed by atoms with E-state index >= 15 is 0 Å². The van der Waals surface area contributed by atoms with E-state index in [0.717, 1.165) is 9.87 Å². The summed E-state index contributed by atoms with van der Waals surface area (Å²) in [6.45, 7) is 1.92. The van der Waals surface area contributed by atoms with Crippen molar-refractivity contribution in [2.45, 2.75) is 13.5 Å². The zero-order valence-electron chi connectivity index (χ0n) is 14.0. The molecule has 1 heterocycles. The van der Waals surface area contributed by atoms with Crippen molar-refractivity contribution in [3.05, 3.63) is 64.7 Å². The van der Waals surface area contributed by atoms with Crippen LogP contribution in [-0.2, 0) is 21.4 Å². The van der Waals surface area contributed by atoms with Gasteiger partial charge in [0.1, 0.15) is 0 Å². The zero-order chi connectivity index (χ0) is 18.9. The summed E-state index contributed by atoms with van der Waals surface area (Å²) in [5, 5.41) is 3.40. The Bertz CT molecular complexity index is 940. The number of nitrogens with zero attached hydrogens (tertiary/aromatic N) is 1. The minimum Gasteiger partial charge on any atom is -0.348 e. The summed E-state index contributed by atoms with van der Waals surface area (Å²) in [5.74, 6) is -1.52. The fourth-order valence-corrected chi connectivity index (χ4v) is 4.67. The fraction of sp³-hybridized carbons (Fsp3) is 0.222. The van der Waals surface area contributed by atoms with Gasteiger partial charge in [-0.3, -0.25) is 9.59 Å². The summed E-state index contributed by atoms with van der Waals surface area (Å²) < 4.78 is 25.0. The van der Waals surface area contributed by atoms with Gasteiger partial charge in [-0.15, -0.1) is 0 Å². The van der Waals surface area contributed by atoms with Crippen molar-refractivity contribution < 1.29 is 18.0 Å². The quantitative estimate of drug-likeness (QED) is 0.866. The number of nitrogens with one attached hydrogen (secondary N) is 1. The first kappa shape index (κ1) is 18.4. The summed E-state index contributed by atoms with van der Waals surface area (Å²) >= 11 is 5.82. The smallest absolute Gasteiger partial charge is 0.251 e. The van der Waals surface area contributed by atoms with Gasteiger partial charge in [-0.2, -0.15) is 0 Å². The molecular weight excluding hydrogens is 376 g/mol. The molecule has 0 spiro atoms. The second-order valence-corrected chi connectivity index (χ2v) is 8.44. The molecule has 136 valence electrons. The van der Waals surface area contributed by atoms with E-state index in [0.29, 0.717) is 17.1 Å². The lowest BCUT2D eigenvalue weighted by Crippen LogP contribution is -2.30. The molecule has 1 N–H and O–H groups in total. The molecule has 26 heavy (non-hydrogen) atoms. The molecule has 0 saturated carbocycles. The third-order valence-corrected chi connectivity index (χ3v) is 6.21. The molecule has 2 amide bonds. The van der Waals surface area contributed by atoms with Crippen molar-refractivity contribution >= 4 is 39.1 Å². The lowest BCUT2D eigenvalue weighted by atomic mass is 10.1. The van der Waals surface area contributed by atoms with Gasteiger partial charge in [0.15, 0.2) is 0 Å². The van der Waals surface area contributed by atoms with Crippen molar-refractivity contribution in [3.8, 4) is 0 Å². The largest absolute Gasteiger partial charge is 0.348 e. The van der Waals surface area contributed by atoms with Gasteiger partial charge in [0.2, 0.25) is 15.9 Å². The summed E-state index contributed by atoms with van der Waals surface area (Å²) in [5.41, 5.74) is 1.52. The Kier molecular flexibility index (Phi) is 5.02. The van der Waals surface area contributed by atoms with Crippen LogP contribution in [0.2, 0.25) is 5.02 Å². The van der Waals surface area contributed by atoms with E-state index in [9.17, 15) is 18.0 Å². The van der Waals surface area contributed by atoms with E-state index < -0.39 is 21.8 Å². The summed E-state index contributed by atoms with van der Waals surface area (Å²) in [4.78, 5) is 24.3. The Hall–Kier alpha value is -2.38. The first-order valence-electron chi connectivity index (χ1n) is 7.97. The zero-order valence-corrected chi connectivity index (χ0v) is 15.5. The van der Waals surface area contributed by atoms with Gasteiger partial charge in [-0.25, -0.2) is 12.7 Å². The topological polar surface area (TPSA) is 83.6 Å². The molecule has 1 atom stereocenters. The molecule has 8 heteroatoms. The first-order chi connectivity index (χ1) is 12.3. The molecule has 1 aliphatic heterocycles. The number of carbonyl (C=O) groups is 2. The Morgan fingerprint density at radius 1 is 1.15 bits per heavy atom. The van der Waals surface area contributed by atoms with Crippen LogP contribution in [0.5, 0.6) is 0 Å². The highest BCUT2D eigenvalue weighted by atomic mass is 35.5. The normalized spacial score (nSPS) is 18.8. The van der Waals surface area contributed by atoms with Crippen molar-refractivity contribution in [2.24, 2.45) is 5.92 Å². The lowest BCUT2D eigenvalue weighted by Gasteiger charge is -2.15. The van der Waals surface area contributed by atoms with Crippen LogP contribution in [0.3, 0.4) is 0 Å². The van der Waals surface area contributed by atoms with E-state index in [1.807, 2.05) is 12.1 Å². The number of hydrogen-bond acceptors (Lipinski definition) is 4. The molecule has 0 radical (unpaired) electrons. The number of anilines is 1. The van der Waals surface area contributed by atoms with Crippen LogP contribution >= 0.6 is 11.6 Å². The van der Waals surface area contributed by atoms with Gasteiger partial charge in [-0.1, -0.05) is 30.7 Å². The van der Waals surface area contributed by atoms with E-state index in [1.165, 1.54) is 24.3 Å². The number of halogens is 1. The third-order valence-electron chi connectivity index (χ3n) is 4.09. The van der Waals surface area contributed by atoms with Gasteiger partial charge >= 0.3 is 0 Å². The molecule has 2 aromatic carbocycles. The van der Waals surface area contributed by atoms with Crippen molar-refractivity contribution in [3.63, 3.8) is 0 Å². The summed E-state index contributed by atoms with van der Waals surface area (Å²) in [7, 11) is -3.65. The first-order valence-corrected chi connectivity index (χ1v) is 9.96. The molecule has 0 aromatic heterocycles. The van der Waals surface area contributed by atoms with Crippen molar-refractivity contribution in [1.82, 2.24) is 5.32 Å². The molecule has 1 unspecified atom stereocenters. The van der Waals surface area contributed by atoms with Crippen LogP contribution in [0.15, 0.2) is 48.5 Å². The van der Waals surface area contributed by atoms with Crippen LogP contribution in [0.4, 0.5) is 5.69 Å². The number of sulfonamides is 1. The molecular formula is C18H17ClN2O4S. The predicted octanol–water partition coefficient (Wildman–Crippen LogP) is 2.58. The third kappa shape index (κ3) is 3.73. The Morgan fingerprint density at radius 3 is 2.31 bits per heavy atom. The average Bonchev–Trinajstić information content (AvgIpc) is 2.81. The lowest BCUT2D eigenvalue weighted by molar-refractivity contribution is -0.119. The van der Waals surface area contributed by atoms with Crippen LogP contribution in [-0.4, -0.2) is 26.0 Å². The number of hydrogen-bond donors (Lipinski definition) is 1. The van der Waals surface area contributed by atoms with E-state index in [4.69, 9.17) is 11.6 Å². The maximum atomic E-state index is 12.2. The predicted molar refractivity (Wildman–Crippen MR) is 99.5 cm³/mol. The number of rotatable bonds is 4. The summed E-state index contributed by atoms with van der Waals surface area (Å²) in [6, 6.07) is 13.0. The maximum Gasteiger partial charge on any atom is 0.251 e. The molecule has 0 aliphatic carbocycles. The molecule has 3 rings (SSSR count). The second kappa shape index (κ2) is 7.09. The monoisotopic (exact) mass is 392 g/mol. The van der Waals surface area contributed by atoms with Crippen molar-refractivity contribution in [2.75, 3.05) is 10.1 Å². The maximum absolute atomic E-state index is 12.2. The Morgan fingerprint density at radius 2 is 1.77 bits per heavy atom. The van der Waals surface area contributed by atoms with Crippen LogP contribution in [0, 0.1) is 5.92 Å². The second-order valence-electron chi connectivity index (χ2n) is 6.14. The van der Waals surface area contributed by atoms with E-state index in [-0.39, 0.29) is 17.3 Å². The number of benzene rings is 2. The van der Waals surface area contributed by atoms with Crippen LogP contribution in [0.25, 0.3) is 0 Å². The molecule has 1 aliphatic rings. The van der Waals surface area contributed by atoms with Gasteiger partial charge in [0, 0.05) is 17.1 Å². The molecule has 6 nitrogen and oxygen atoms in total. The Labute approximate surface area is 156 Å². The minimum atomic E-state index is -3.65. The van der Waals surface area contributed by atoms with Gasteiger partial charge in [-0.05, 0) is 42.0 Å². The average molecular weight is 393 g/mol. The molecule has 0 bridgehead atoms. The van der Waals surface area contributed by atoms with E-state index in [1.54, 1.807) is 19.1 Å². The number of carbonyl (C=O) groups excluding carboxylic acids is 2. The van der Waals surface area contributed by atoms with Gasteiger partial charge in [0.05, 0.1) is 17.4 Å². The van der Waals surface area contributed by atoms with Gasteiger partial charge in [0.25, 0.3) is 5.91 Å². The molecule has 1 fully saturated rings. The highest BCUT2D eigenvalue weighted by molar-refractivity contribution is 7.94. The summed E-state index contributed by atoms with van der Waals surface area (Å²) in [6.07, 6.45) is 0. The standard InChI is InChI=1S/C18H17ClN2O4S/c1-12-11-26(24,25)21(18(12)23)16-8-4-14(5-9-16)17(22)20-10-13-2-6-15(19)7-3-13/h2-9,12H,10-11H2,1H3,(H,20,22). The highest BCUT2D eigenvalue weighted by Crippen LogP contribution is 2.28. The SMILES string of the molecule is CC1CS(=O)(=O)N(c2ccc(C(=O)NCc3ccc(Cl)cc3)cc2)C1=O. The fourth-order valence-electron chi connectivity index (χ4n) is 2.72. The van der Waals surface area contributed by atoms with Gasteiger partial charge < -0.3 is 5.32 Å².